The van der Waals surface area contributed by atoms with Crippen LogP contribution in [0.2, 0.25) is 10.0 Å². The molecule has 2 amide bonds. The van der Waals surface area contributed by atoms with Gasteiger partial charge in [-0.1, -0.05) is 66.5 Å². The number of rotatable bonds is 10. The third-order valence-corrected chi connectivity index (χ3v) is 6.12. The van der Waals surface area contributed by atoms with Crippen molar-refractivity contribution in [2.45, 2.75) is 38.6 Å². The molecule has 0 aliphatic heterocycles. The van der Waals surface area contributed by atoms with E-state index in [0.717, 1.165) is 11.1 Å². The van der Waals surface area contributed by atoms with Crippen molar-refractivity contribution in [2.24, 2.45) is 0 Å². The molecular weight excluding hydrogens is 427 g/mol. The fraction of sp³-hybridized carbons (Fsp3) is 0.364. The van der Waals surface area contributed by atoms with E-state index in [0.29, 0.717) is 35.3 Å². The molecule has 0 bridgehead atoms. The first-order valence-corrected chi connectivity index (χ1v) is 11.5. The number of hydrogen-bond acceptors (Lipinski definition) is 3. The van der Waals surface area contributed by atoms with Crippen molar-refractivity contribution in [3.05, 3.63) is 69.7 Å². The molecule has 156 valence electrons. The number of carbonyl (C=O) groups excluding carboxylic acids is 2. The highest BCUT2D eigenvalue weighted by Crippen LogP contribution is 2.28. The molecule has 0 radical (unpaired) electrons. The van der Waals surface area contributed by atoms with Crippen LogP contribution >= 0.6 is 35.0 Å². The van der Waals surface area contributed by atoms with Gasteiger partial charge >= 0.3 is 0 Å². The fourth-order valence-electron chi connectivity index (χ4n) is 2.99. The molecular formula is C22H26Cl2N2O2S. The van der Waals surface area contributed by atoms with E-state index in [1.165, 1.54) is 11.8 Å². The summed E-state index contributed by atoms with van der Waals surface area (Å²) in [6.07, 6.45) is 0.547. The van der Waals surface area contributed by atoms with Gasteiger partial charge in [-0.25, -0.2) is 0 Å². The Morgan fingerprint density at radius 2 is 1.69 bits per heavy atom. The molecule has 0 aliphatic carbocycles. The molecule has 1 atom stereocenters. The zero-order valence-corrected chi connectivity index (χ0v) is 19.0. The normalized spacial score (nSPS) is 11.7. The van der Waals surface area contributed by atoms with E-state index in [1.54, 1.807) is 23.1 Å². The van der Waals surface area contributed by atoms with E-state index in [9.17, 15) is 9.59 Å². The minimum atomic E-state index is -0.507. The van der Waals surface area contributed by atoms with Crippen molar-refractivity contribution in [2.75, 3.05) is 12.3 Å². The summed E-state index contributed by atoms with van der Waals surface area (Å²) in [7, 11) is 0. The van der Waals surface area contributed by atoms with Crippen molar-refractivity contribution < 1.29 is 9.59 Å². The molecule has 0 aromatic heterocycles. The molecule has 0 spiro atoms. The first-order valence-electron chi connectivity index (χ1n) is 9.59. The minimum absolute atomic E-state index is 0.0832. The van der Waals surface area contributed by atoms with E-state index in [-0.39, 0.29) is 17.6 Å². The second-order valence-corrected chi connectivity index (χ2v) is 8.32. The zero-order valence-electron chi connectivity index (χ0n) is 16.7. The molecule has 1 unspecified atom stereocenters. The van der Waals surface area contributed by atoms with Crippen LogP contribution in [0.5, 0.6) is 0 Å². The Kier molecular flexibility index (Phi) is 9.85. The molecule has 0 heterocycles. The summed E-state index contributed by atoms with van der Waals surface area (Å²) < 4.78 is 0. The van der Waals surface area contributed by atoms with Gasteiger partial charge in [0.1, 0.15) is 6.04 Å². The van der Waals surface area contributed by atoms with Gasteiger partial charge in [0.15, 0.2) is 0 Å². The lowest BCUT2D eigenvalue weighted by Gasteiger charge is -2.30. The highest BCUT2D eigenvalue weighted by Gasteiger charge is 2.28. The lowest BCUT2D eigenvalue weighted by molar-refractivity contribution is -0.139. The summed E-state index contributed by atoms with van der Waals surface area (Å²) in [5, 5.41) is 4.02. The maximum Gasteiger partial charge on any atom is 0.242 e. The van der Waals surface area contributed by atoms with Crippen LogP contribution in [0.15, 0.2) is 48.5 Å². The maximum absolute atomic E-state index is 13.1. The SMILES string of the molecule is CCNC(=O)C(CC)N(Cc1ccccc1)C(=O)CSCc1c(Cl)cccc1Cl. The highest BCUT2D eigenvalue weighted by molar-refractivity contribution is 7.99. The van der Waals surface area contributed by atoms with Crippen LogP contribution in [0.25, 0.3) is 0 Å². The zero-order chi connectivity index (χ0) is 21.2. The molecule has 7 heteroatoms. The Hall–Kier alpha value is -1.69. The molecule has 0 fully saturated rings. The van der Waals surface area contributed by atoms with E-state index in [2.05, 4.69) is 5.32 Å². The van der Waals surface area contributed by atoms with E-state index in [4.69, 9.17) is 23.2 Å². The van der Waals surface area contributed by atoms with E-state index < -0.39 is 6.04 Å². The van der Waals surface area contributed by atoms with Crippen molar-refractivity contribution in [3.63, 3.8) is 0 Å². The summed E-state index contributed by atoms with van der Waals surface area (Å²) in [5.41, 5.74) is 1.81. The summed E-state index contributed by atoms with van der Waals surface area (Å²) in [6, 6.07) is 14.6. The molecule has 29 heavy (non-hydrogen) atoms. The summed E-state index contributed by atoms with van der Waals surface area (Å²) in [6.45, 7) is 4.71. The van der Waals surface area contributed by atoms with E-state index in [1.807, 2.05) is 44.2 Å². The van der Waals surface area contributed by atoms with Crippen LogP contribution in [0, 0.1) is 0 Å². The largest absolute Gasteiger partial charge is 0.355 e. The van der Waals surface area contributed by atoms with Crippen molar-refractivity contribution in [1.29, 1.82) is 0 Å². The van der Waals surface area contributed by atoms with Crippen LogP contribution in [-0.4, -0.2) is 35.1 Å². The Morgan fingerprint density at radius 3 is 2.28 bits per heavy atom. The van der Waals surface area contributed by atoms with Gasteiger partial charge in [-0.15, -0.1) is 11.8 Å². The number of benzene rings is 2. The second-order valence-electron chi connectivity index (χ2n) is 6.52. The third kappa shape index (κ3) is 6.95. The van der Waals surface area contributed by atoms with Gasteiger partial charge < -0.3 is 10.2 Å². The molecule has 1 N–H and O–H groups in total. The monoisotopic (exact) mass is 452 g/mol. The second kappa shape index (κ2) is 12.1. The van der Waals surface area contributed by atoms with Gasteiger partial charge in [-0.05, 0) is 36.6 Å². The van der Waals surface area contributed by atoms with Gasteiger partial charge in [0, 0.05) is 28.9 Å². The molecule has 4 nitrogen and oxygen atoms in total. The molecule has 2 aromatic carbocycles. The molecule has 2 rings (SSSR count). The number of nitrogens with zero attached hydrogens (tertiary/aromatic N) is 1. The van der Waals surface area contributed by atoms with E-state index >= 15 is 0 Å². The summed E-state index contributed by atoms with van der Waals surface area (Å²) in [5.74, 6) is 0.560. The van der Waals surface area contributed by atoms with Crippen LogP contribution < -0.4 is 5.32 Å². The topological polar surface area (TPSA) is 49.4 Å². The predicted molar refractivity (Wildman–Crippen MR) is 122 cm³/mol. The van der Waals surface area contributed by atoms with Gasteiger partial charge in [0.2, 0.25) is 11.8 Å². The van der Waals surface area contributed by atoms with Crippen LogP contribution in [-0.2, 0) is 21.9 Å². The van der Waals surface area contributed by atoms with Crippen molar-refractivity contribution in [1.82, 2.24) is 10.2 Å². The molecule has 2 aromatic rings. The Labute approximate surface area is 187 Å². The van der Waals surface area contributed by atoms with Crippen molar-refractivity contribution in [3.8, 4) is 0 Å². The van der Waals surface area contributed by atoms with Crippen LogP contribution in [0.1, 0.15) is 31.4 Å². The number of hydrogen-bond donors (Lipinski definition) is 1. The fourth-order valence-corrected chi connectivity index (χ4v) is 4.63. The third-order valence-electron chi connectivity index (χ3n) is 4.47. The Morgan fingerprint density at radius 1 is 1.03 bits per heavy atom. The van der Waals surface area contributed by atoms with Gasteiger partial charge in [0.05, 0.1) is 5.75 Å². The Bertz CT molecular complexity index is 797. The number of nitrogens with one attached hydrogen (secondary N) is 1. The lowest BCUT2D eigenvalue weighted by atomic mass is 10.1. The van der Waals surface area contributed by atoms with Gasteiger partial charge in [0.25, 0.3) is 0 Å². The van der Waals surface area contributed by atoms with Crippen LogP contribution in [0.4, 0.5) is 0 Å². The number of amides is 2. The number of likely N-dealkylation sites (N-methyl/N-ethyl adjacent to an activating group) is 1. The molecule has 0 saturated heterocycles. The summed E-state index contributed by atoms with van der Waals surface area (Å²) >= 11 is 13.9. The first kappa shape index (κ1) is 23.6. The minimum Gasteiger partial charge on any atom is -0.355 e. The highest BCUT2D eigenvalue weighted by atomic mass is 35.5. The summed E-state index contributed by atoms with van der Waals surface area (Å²) in [4.78, 5) is 27.3. The smallest absolute Gasteiger partial charge is 0.242 e. The maximum atomic E-state index is 13.1. The quantitative estimate of drug-likeness (QED) is 0.540. The molecule has 0 saturated carbocycles. The van der Waals surface area contributed by atoms with Gasteiger partial charge in [-0.3, -0.25) is 9.59 Å². The van der Waals surface area contributed by atoms with Crippen molar-refractivity contribution >= 4 is 46.8 Å². The average molecular weight is 453 g/mol. The van der Waals surface area contributed by atoms with Gasteiger partial charge in [-0.2, -0.15) is 0 Å². The van der Waals surface area contributed by atoms with Crippen LogP contribution in [0.3, 0.4) is 0 Å². The lowest BCUT2D eigenvalue weighted by Crippen LogP contribution is -2.49. The standard InChI is InChI=1S/C22H26Cl2N2O2S/c1-3-20(22(28)25-4-2)26(13-16-9-6-5-7-10-16)21(27)15-29-14-17-18(23)11-8-12-19(17)24/h5-12,20H,3-4,13-15H2,1-2H3,(H,25,28). The predicted octanol–water partition coefficient (Wildman–Crippen LogP) is 5.17. The number of carbonyl (C=O) groups is 2. The molecule has 0 aliphatic rings. The number of thioether (sulfide) groups is 1. The average Bonchev–Trinajstić information content (AvgIpc) is 2.71. The number of halogens is 2. The first-order chi connectivity index (χ1) is 14.0. The Balaban J connectivity index is 2.11.